The van der Waals surface area contributed by atoms with E-state index in [2.05, 4.69) is 16.0 Å². The van der Waals surface area contributed by atoms with E-state index >= 15 is 0 Å². The first-order valence-electron chi connectivity index (χ1n) is 8.83. The minimum Gasteiger partial charge on any atom is -0.388 e. The van der Waals surface area contributed by atoms with Gasteiger partial charge in [-0.1, -0.05) is 12.1 Å². The number of likely N-dealkylation sites (N-methyl/N-ethyl adjacent to an activating group) is 1. The molecule has 1 aliphatic heterocycles. The van der Waals surface area contributed by atoms with Gasteiger partial charge in [0.15, 0.2) is 0 Å². The van der Waals surface area contributed by atoms with E-state index in [1.165, 1.54) is 0 Å². The number of ether oxygens (including phenoxy) is 1. The number of aliphatic hydroxyl groups excluding tert-OH is 1. The number of amides is 1. The SMILES string of the molecule is CCN(C(=O)c1cccc(-c2c[nH+]c3[nH]ccc3c2)c1)[C@H]1COC[C@@H]1O. The summed E-state index contributed by atoms with van der Waals surface area (Å²) in [7, 11) is 0. The van der Waals surface area contributed by atoms with Crippen LogP contribution in [0.5, 0.6) is 0 Å². The molecule has 4 rings (SSSR count). The van der Waals surface area contributed by atoms with Crippen LogP contribution in [0.15, 0.2) is 48.8 Å². The highest BCUT2D eigenvalue weighted by Gasteiger charge is 2.34. The second kappa shape index (κ2) is 6.90. The van der Waals surface area contributed by atoms with Gasteiger partial charge in [-0.15, -0.1) is 0 Å². The maximum atomic E-state index is 13.0. The van der Waals surface area contributed by atoms with Gasteiger partial charge >= 0.3 is 0 Å². The van der Waals surface area contributed by atoms with E-state index in [0.717, 1.165) is 22.2 Å². The lowest BCUT2D eigenvalue weighted by molar-refractivity contribution is -0.346. The average molecular weight is 352 g/mol. The van der Waals surface area contributed by atoms with Crippen molar-refractivity contribution in [3.8, 4) is 11.1 Å². The Hall–Kier alpha value is -2.70. The highest BCUT2D eigenvalue weighted by atomic mass is 16.5. The van der Waals surface area contributed by atoms with Crippen molar-refractivity contribution in [1.29, 1.82) is 0 Å². The molecule has 6 heteroatoms. The van der Waals surface area contributed by atoms with Gasteiger partial charge in [0.2, 0.25) is 0 Å². The van der Waals surface area contributed by atoms with Gasteiger partial charge in [-0.2, -0.15) is 0 Å². The minimum absolute atomic E-state index is 0.0874. The molecule has 2 atom stereocenters. The highest BCUT2D eigenvalue weighted by molar-refractivity contribution is 5.96. The maximum absolute atomic E-state index is 13.0. The Labute approximate surface area is 151 Å². The number of nitrogens with one attached hydrogen (secondary N) is 2. The fourth-order valence-electron chi connectivity index (χ4n) is 3.51. The average Bonchev–Trinajstić information content (AvgIpc) is 3.31. The van der Waals surface area contributed by atoms with Crippen LogP contribution in [-0.2, 0) is 4.74 Å². The lowest BCUT2D eigenvalue weighted by Crippen LogP contribution is -2.46. The minimum atomic E-state index is -0.632. The third-order valence-electron chi connectivity index (χ3n) is 4.93. The van der Waals surface area contributed by atoms with Crippen LogP contribution in [0.25, 0.3) is 22.2 Å². The standard InChI is InChI=1S/C20H21N3O3/c1-2-23(17-11-26-12-18(17)24)20(25)15-5-3-4-13(8-15)16-9-14-6-7-21-19(14)22-10-16/h3-10,17-18,24H,2,11-12H2,1H3,(H,21,22)/p+1/t17-,18-/m0/s1. The number of carbonyl (C=O) groups is 1. The molecule has 0 bridgehead atoms. The predicted molar refractivity (Wildman–Crippen MR) is 97.6 cm³/mol. The number of pyridine rings is 1. The molecule has 1 amide bonds. The summed E-state index contributed by atoms with van der Waals surface area (Å²) in [6.07, 6.45) is 3.18. The molecule has 26 heavy (non-hydrogen) atoms. The van der Waals surface area contributed by atoms with Gasteiger partial charge in [-0.05, 0) is 36.8 Å². The van der Waals surface area contributed by atoms with Crippen LogP contribution in [0.1, 0.15) is 17.3 Å². The molecule has 3 heterocycles. The highest BCUT2D eigenvalue weighted by Crippen LogP contribution is 2.23. The van der Waals surface area contributed by atoms with E-state index < -0.39 is 6.10 Å². The summed E-state index contributed by atoms with van der Waals surface area (Å²) < 4.78 is 5.31. The second-order valence-electron chi connectivity index (χ2n) is 6.54. The molecule has 3 aromatic rings. The molecule has 1 aliphatic rings. The number of nitrogens with zero attached hydrogens (tertiary/aromatic N) is 1. The van der Waals surface area contributed by atoms with Gasteiger partial charge in [0.1, 0.15) is 0 Å². The van der Waals surface area contributed by atoms with Crippen LogP contribution in [0.2, 0.25) is 0 Å². The van der Waals surface area contributed by atoms with E-state index in [1.54, 1.807) is 4.90 Å². The van der Waals surface area contributed by atoms with Crippen LogP contribution >= 0.6 is 0 Å². The summed E-state index contributed by atoms with van der Waals surface area (Å²) >= 11 is 0. The van der Waals surface area contributed by atoms with Crippen molar-refractivity contribution in [1.82, 2.24) is 9.88 Å². The molecule has 1 aromatic carbocycles. The summed E-state index contributed by atoms with van der Waals surface area (Å²) in [5.74, 6) is -0.0874. The number of aliphatic hydroxyl groups is 1. The van der Waals surface area contributed by atoms with E-state index in [4.69, 9.17) is 4.74 Å². The molecule has 6 nitrogen and oxygen atoms in total. The van der Waals surface area contributed by atoms with Crippen LogP contribution in [0.3, 0.4) is 0 Å². The Bertz CT molecular complexity index is 937. The van der Waals surface area contributed by atoms with Crippen molar-refractivity contribution in [3.63, 3.8) is 0 Å². The van der Waals surface area contributed by atoms with E-state index in [-0.39, 0.29) is 18.6 Å². The van der Waals surface area contributed by atoms with Gasteiger partial charge in [-0.3, -0.25) is 4.79 Å². The number of aromatic nitrogens is 2. The number of hydrogen-bond donors (Lipinski definition) is 2. The third-order valence-corrected chi connectivity index (χ3v) is 4.93. The van der Waals surface area contributed by atoms with Crippen LogP contribution in [0.4, 0.5) is 0 Å². The number of fused-ring (bicyclic) bond motifs is 1. The zero-order chi connectivity index (χ0) is 18.1. The topological polar surface area (TPSA) is 79.7 Å². The smallest absolute Gasteiger partial charge is 0.284 e. The van der Waals surface area contributed by atoms with Crippen molar-refractivity contribution in [2.24, 2.45) is 0 Å². The Balaban J connectivity index is 1.65. The van der Waals surface area contributed by atoms with Crippen molar-refractivity contribution in [3.05, 3.63) is 54.4 Å². The number of carbonyl (C=O) groups excluding carboxylic acids is 1. The van der Waals surface area contributed by atoms with Crippen LogP contribution in [0, 0.1) is 0 Å². The fraction of sp³-hybridized carbons (Fsp3) is 0.300. The Morgan fingerprint density at radius 1 is 1.31 bits per heavy atom. The number of H-pyrrole nitrogens is 2. The predicted octanol–water partition coefficient (Wildman–Crippen LogP) is 1.87. The summed E-state index contributed by atoms with van der Waals surface area (Å²) in [5.41, 5.74) is 3.56. The zero-order valence-electron chi connectivity index (χ0n) is 14.6. The van der Waals surface area contributed by atoms with Crippen LogP contribution < -0.4 is 4.98 Å². The van der Waals surface area contributed by atoms with E-state index in [1.807, 2.05) is 49.6 Å². The molecular weight excluding hydrogens is 330 g/mol. The molecule has 0 unspecified atom stereocenters. The molecule has 1 fully saturated rings. The Morgan fingerprint density at radius 3 is 2.96 bits per heavy atom. The summed E-state index contributed by atoms with van der Waals surface area (Å²) in [6.45, 7) is 3.10. The van der Waals surface area contributed by atoms with Gasteiger partial charge in [0.05, 0.1) is 43.1 Å². The molecule has 0 saturated carbocycles. The quantitative estimate of drug-likeness (QED) is 0.752. The molecule has 134 valence electrons. The van der Waals surface area contributed by atoms with Crippen molar-refractivity contribution < 1.29 is 19.6 Å². The van der Waals surface area contributed by atoms with Crippen molar-refractivity contribution >= 4 is 16.9 Å². The first-order chi connectivity index (χ1) is 12.7. The fourth-order valence-corrected chi connectivity index (χ4v) is 3.51. The van der Waals surface area contributed by atoms with Gasteiger partial charge in [-0.25, -0.2) is 9.97 Å². The normalized spacial score (nSPS) is 19.8. The second-order valence-corrected chi connectivity index (χ2v) is 6.54. The molecule has 3 N–H and O–H groups in total. The Kier molecular flexibility index (Phi) is 4.44. The van der Waals surface area contributed by atoms with E-state index in [9.17, 15) is 9.90 Å². The maximum Gasteiger partial charge on any atom is 0.284 e. The first kappa shape index (κ1) is 16.8. The number of rotatable bonds is 4. The largest absolute Gasteiger partial charge is 0.388 e. The first-order valence-corrected chi connectivity index (χ1v) is 8.83. The van der Waals surface area contributed by atoms with Gasteiger partial charge < -0.3 is 14.7 Å². The monoisotopic (exact) mass is 352 g/mol. The molecule has 0 radical (unpaired) electrons. The summed E-state index contributed by atoms with van der Waals surface area (Å²) in [6, 6.07) is 11.4. The molecular formula is C20H22N3O3+. The van der Waals surface area contributed by atoms with E-state index in [0.29, 0.717) is 18.7 Å². The number of hydrogen-bond acceptors (Lipinski definition) is 3. The Morgan fingerprint density at radius 2 is 2.19 bits per heavy atom. The lowest BCUT2D eigenvalue weighted by Gasteiger charge is -2.29. The van der Waals surface area contributed by atoms with Gasteiger partial charge in [0.25, 0.3) is 11.6 Å². The summed E-state index contributed by atoms with van der Waals surface area (Å²) in [4.78, 5) is 21.1. The number of aromatic amines is 2. The van der Waals surface area contributed by atoms with Gasteiger partial charge in [0, 0.05) is 17.7 Å². The van der Waals surface area contributed by atoms with Crippen LogP contribution in [-0.4, -0.2) is 52.8 Å². The van der Waals surface area contributed by atoms with Crippen molar-refractivity contribution in [2.75, 3.05) is 19.8 Å². The number of benzene rings is 1. The lowest BCUT2D eigenvalue weighted by atomic mass is 10.0. The molecule has 0 spiro atoms. The van der Waals surface area contributed by atoms with Crippen molar-refractivity contribution in [2.45, 2.75) is 19.1 Å². The molecule has 1 saturated heterocycles. The molecule has 2 aromatic heterocycles. The zero-order valence-corrected chi connectivity index (χ0v) is 14.6. The molecule has 0 aliphatic carbocycles. The third kappa shape index (κ3) is 2.98. The summed E-state index contributed by atoms with van der Waals surface area (Å²) in [5, 5.41) is 11.2.